The second kappa shape index (κ2) is 7.44. The number of amides is 2. The summed E-state index contributed by atoms with van der Waals surface area (Å²) in [6, 6.07) is 10.8. The van der Waals surface area contributed by atoms with Crippen LogP contribution >= 0.6 is 11.3 Å². The summed E-state index contributed by atoms with van der Waals surface area (Å²) in [6.07, 6.45) is 0.592. The van der Waals surface area contributed by atoms with Gasteiger partial charge in [-0.2, -0.15) is 0 Å². The molecule has 0 aliphatic carbocycles. The van der Waals surface area contributed by atoms with Crippen LogP contribution < -0.4 is 10.6 Å². The Balaban J connectivity index is 1.79. The first kappa shape index (κ1) is 15.1. The van der Waals surface area contributed by atoms with Crippen LogP contribution in [0.15, 0.2) is 41.8 Å². The molecule has 1 aromatic carbocycles. The van der Waals surface area contributed by atoms with E-state index in [1.807, 2.05) is 29.6 Å². The molecule has 21 heavy (non-hydrogen) atoms. The maximum absolute atomic E-state index is 11.7. The van der Waals surface area contributed by atoms with Gasteiger partial charge in [-0.25, -0.2) is 4.79 Å². The number of rotatable bonds is 6. The van der Waals surface area contributed by atoms with E-state index in [2.05, 4.69) is 10.6 Å². The first-order valence-electron chi connectivity index (χ1n) is 6.51. The third kappa shape index (κ3) is 5.27. The van der Waals surface area contributed by atoms with Gasteiger partial charge in [0.05, 0.1) is 6.54 Å². The highest BCUT2D eigenvalue weighted by Gasteiger charge is 2.03. The fourth-order valence-corrected chi connectivity index (χ4v) is 2.41. The van der Waals surface area contributed by atoms with Crippen LogP contribution in [0.5, 0.6) is 0 Å². The minimum Gasteiger partial charge on any atom is -0.481 e. The van der Waals surface area contributed by atoms with Gasteiger partial charge < -0.3 is 15.7 Å². The lowest BCUT2D eigenvalue weighted by atomic mass is 10.1. The molecule has 6 heteroatoms. The highest BCUT2D eigenvalue weighted by atomic mass is 32.1. The molecule has 2 rings (SSSR count). The Kier molecular flexibility index (Phi) is 5.34. The van der Waals surface area contributed by atoms with Crippen LogP contribution in [-0.2, 0) is 17.8 Å². The monoisotopic (exact) mass is 304 g/mol. The highest BCUT2D eigenvalue weighted by molar-refractivity contribution is 7.09. The average Bonchev–Trinajstić information content (AvgIpc) is 2.98. The summed E-state index contributed by atoms with van der Waals surface area (Å²) in [5.41, 5.74) is 1.61. The van der Waals surface area contributed by atoms with E-state index in [1.165, 1.54) is 0 Å². The van der Waals surface area contributed by atoms with Gasteiger partial charge in [-0.3, -0.25) is 4.79 Å². The number of hydrogen-bond donors (Lipinski definition) is 3. The van der Waals surface area contributed by atoms with Crippen molar-refractivity contribution in [1.29, 1.82) is 0 Å². The van der Waals surface area contributed by atoms with E-state index in [1.54, 1.807) is 23.5 Å². The summed E-state index contributed by atoms with van der Waals surface area (Å²) in [4.78, 5) is 23.3. The van der Waals surface area contributed by atoms with Crippen molar-refractivity contribution in [3.05, 3.63) is 52.2 Å². The summed E-state index contributed by atoms with van der Waals surface area (Å²) >= 11 is 1.59. The minimum atomic E-state index is -0.815. The predicted octanol–water partition coefficient (Wildman–Crippen LogP) is 3.09. The molecule has 1 aromatic heterocycles. The third-order valence-corrected chi connectivity index (χ3v) is 3.72. The van der Waals surface area contributed by atoms with Crippen molar-refractivity contribution in [2.75, 3.05) is 5.32 Å². The largest absolute Gasteiger partial charge is 0.481 e. The molecule has 0 saturated carbocycles. The smallest absolute Gasteiger partial charge is 0.319 e. The van der Waals surface area contributed by atoms with Crippen molar-refractivity contribution in [3.8, 4) is 0 Å². The molecule has 110 valence electrons. The van der Waals surface area contributed by atoms with Gasteiger partial charge in [-0.05, 0) is 35.6 Å². The lowest BCUT2D eigenvalue weighted by molar-refractivity contribution is -0.136. The quantitative estimate of drug-likeness (QED) is 0.767. The molecule has 0 aliphatic heterocycles. The van der Waals surface area contributed by atoms with Crippen LogP contribution in [0.3, 0.4) is 0 Å². The average molecular weight is 304 g/mol. The zero-order valence-electron chi connectivity index (χ0n) is 11.3. The van der Waals surface area contributed by atoms with Crippen molar-refractivity contribution in [2.24, 2.45) is 0 Å². The summed E-state index contributed by atoms with van der Waals surface area (Å²) in [5.74, 6) is -0.815. The summed E-state index contributed by atoms with van der Waals surface area (Å²) in [6.45, 7) is 0.500. The molecule has 0 atom stereocenters. The zero-order chi connectivity index (χ0) is 15.1. The van der Waals surface area contributed by atoms with Gasteiger partial charge in [0.25, 0.3) is 0 Å². The molecule has 3 N–H and O–H groups in total. The summed E-state index contributed by atoms with van der Waals surface area (Å²) in [5, 5.41) is 16.1. The van der Waals surface area contributed by atoms with Gasteiger partial charge in [0, 0.05) is 17.0 Å². The molecule has 0 aliphatic rings. The van der Waals surface area contributed by atoms with Gasteiger partial charge in [-0.1, -0.05) is 18.2 Å². The molecule has 0 saturated heterocycles. The predicted molar refractivity (Wildman–Crippen MR) is 82.6 cm³/mol. The van der Waals surface area contributed by atoms with E-state index >= 15 is 0 Å². The van der Waals surface area contributed by atoms with Crippen molar-refractivity contribution >= 4 is 29.0 Å². The number of thiophene rings is 1. The fourth-order valence-electron chi connectivity index (χ4n) is 1.76. The number of carbonyl (C=O) groups is 2. The maximum atomic E-state index is 11.7. The van der Waals surface area contributed by atoms with Gasteiger partial charge in [0.1, 0.15) is 0 Å². The summed E-state index contributed by atoms with van der Waals surface area (Å²) in [7, 11) is 0. The van der Waals surface area contributed by atoms with Crippen LogP contribution in [0.4, 0.5) is 10.5 Å². The van der Waals surface area contributed by atoms with Gasteiger partial charge in [0.2, 0.25) is 0 Å². The van der Waals surface area contributed by atoms with E-state index in [0.29, 0.717) is 18.7 Å². The molecular weight excluding hydrogens is 288 g/mol. The van der Waals surface area contributed by atoms with E-state index in [9.17, 15) is 9.59 Å². The Hall–Kier alpha value is -2.34. The van der Waals surface area contributed by atoms with Gasteiger partial charge in [-0.15, -0.1) is 11.3 Å². The lowest BCUT2D eigenvalue weighted by Crippen LogP contribution is -2.27. The Bertz CT molecular complexity index is 594. The van der Waals surface area contributed by atoms with E-state index in [4.69, 9.17) is 5.11 Å². The topological polar surface area (TPSA) is 78.4 Å². The Morgan fingerprint density at radius 1 is 1.14 bits per heavy atom. The fraction of sp³-hybridized carbons (Fsp3) is 0.200. The van der Waals surface area contributed by atoms with E-state index < -0.39 is 5.97 Å². The zero-order valence-corrected chi connectivity index (χ0v) is 12.2. The molecular formula is C15H16N2O3S. The molecule has 1 heterocycles. The number of anilines is 1. The second-order valence-corrected chi connectivity index (χ2v) is 5.51. The number of aliphatic carboxylic acids is 1. The number of carbonyl (C=O) groups excluding carboxylic acids is 1. The number of hydrogen-bond acceptors (Lipinski definition) is 3. The molecule has 0 fully saturated rings. The van der Waals surface area contributed by atoms with Crippen LogP contribution in [0.2, 0.25) is 0 Å². The Morgan fingerprint density at radius 3 is 2.52 bits per heavy atom. The number of urea groups is 1. The van der Waals surface area contributed by atoms with Crippen LogP contribution in [0.25, 0.3) is 0 Å². The third-order valence-electron chi connectivity index (χ3n) is 2.84. The SMILES string of the molecule is O=C(O)CCc1ccc(NC(=O)NCc2cccs2)cc1. The van der Waals surface area contributed by atoms with Crippen molar-refractivity contribution < 1.29 is 14.7 Å². The second-order valence-electron chi connectivity index (χ2n) is 4.48. The Morgan fingerprint density at radius 2 is 1.90 bits per heavy atom. The van der Waals surface area contributed by atoms with Crippen LogP contribution in [0.1, 0.15) is 16.9 Å². The first-order chi connectivity index (χ1) is 10.1. The maximum Gasteiger partial charge on any atom is 0.319 e. The number of nitrogens with one attached hydrogen (secondary N) is 2. The summed E-state index contributed by atoms with van der Waals surface area (Å²) < 4.78 is 0. The molecule has 5 nitrogen and oxygen atoms in total. The molecule has 2 aromatic rings. The molecule has 0 radical (unpaired) electrons. The first-order valence-corrected chi connectivity index (χ1v) is 7.39. The van der Waals surface area contributed by atoms with Crippen molar-refractivity contribution in [1.82, 2.24) is 5.32 Å². The minimum absolute atomic E-state index is 0.105. The molecule has 0 spiro atoms. The van der Waals surface area contributed by atoms with Crippen LogP contribution in [0, 0.1) is 0 Å². The van der Waals surface area contributed by atoms with Gasteiger partial charge >= 0.3 is 12.0 Å². The van der Waals surface area contributed by atoms with E-state index in [-0.39, 0.29) is 12.5 Å². The lowest BCUT2D eigenvalue weighted by Gasteiger charge is -2.07. The number of aryl methyl sites for hydroxylation is 1. The highest BCUT2D eigenvalue weighted by Crippen LogP contribution is 2.11. The van der Waals surface area contributed by atoms with Crippen LogP contribution in [-0.4, -0.2) is 17.1 Å². The normalized spacial score (nSPS) is 10.1. The van der Waals surface area contributed by atoms with E-state index in [0.717, 1.165) is 10.4 Å². The van der Waals surface area contributed by atoms with Gasteiger partial charge in [0.15, 0.2) is 0 Å². The molecule has 0 bridgehead atoms. The standard InChI is InChI=1S/C15H16N2O3S/c18-14(19)8-5-11-3-6-12(7-4-11)17-15(20)16-10-13-2-1-9-21-13/h1-4,6-7,9H,5,8,10H2,(H,18,19)(H2,16,17,20). The number of carboxylic acids is 1. The van der Waals surface area contributed by atoms with Crippen molar-refractivity contribution in [3.63, 3.8) is 0 Å². The molecule has 0 unspecified atom stereocenters. The van der Waals surface area contributed by atoms with Crippen molar-refractivity contribution in [2.45, 2.75) is 19.4 Å². The Labute approximate surface area is 126 Å². The number of benzene rings is 1. The molecule has 2 amide bonds. The number of carboxylic acid groups (broad SMARTS) is 1.